The molecular weight excluding hydrogens is 376 g/mol. The number of hydrogen-bond acceptors (Lipinski definition) is 4. The molecule has 27 heavy (non-hydrogen) atoms. The van der Waals surface area contributed by atoms with E-state index < -0.39 is 10.0 Å². The van der Waals surface area contributed by atoms with Gasteiger partial charge in [-0.3, -0.25) is 0 Å². The Kier molecular flexibility index (Phi) is 5.51. The van der Waals surface area contributed by atoms with Crippen LogP contribution in [0.4, 0.5) is 0 Å². The third kappa shape index (κ3) is 4.64. The van der Waals surface area contributed by atoms with E-state index in [1.807, 2.05) is 49.4 Å². The third-order valence-electron chi connectivity index (χ3n) is 4.37. The second-order valence-electron chi connectivity index (χ2n) is 7.49. The molecular formula is C21H24N2O2S2. The maximum absolute atomic E-state index is 12.6. The molecule has 0 bridgehead atoms. The largest absolute Gasteiger partial charge is 0.241 e. The Morgan fingerprint density at radius 3 is 2.22 bits per heavy atom. The van der Waals surface area contributed by atoms with Crippen LogP contribution in [0, 0.1) is 6.92 Å². The van der Waals surface area contributed by atoms with E-state index in [1.54, 1.807) is 12.1 Å². The molecule has 0 radical (unpaired) electrons. The highest BCUT2D eigenvalue weighted by Gasteiger charge is 2.18. The molecule has 0 unspecified atom stereocenters. The normalized spacial score (nSPS) is 12.3. The summed E-state index contributed by atoms with van der Waals surface area (Å²) in [7, 11) is -3.56. The number of sulfonamides is 1. The molecule has 0 aliphatic carbocycles. The van der Waals surface area contributed by atoms with Crippen LogP contribution >= 0.6 is 11.3 Å². The van der Waals surface area contributed by atoms with Gasteiger partial charge in [0.25, 0.3) is 0 Å². The van der Waals surface area contributed by atoms with Crippen molar-refractivity contribution in [3.8, 4) is 10.6 Å². The Morgan fingerprint density at radius 2 is 1.63 bits per heavy atom. The Morgan fingerprint density at radius 1 is 1.00 bits per heavy atom. The summed E-state index contributed by atoms with van der Waals surface area (Å²) in [5.74, 6) is 0. The average molecular weight is 401 g/mol. The first-order valence-corrected chi connectivity index (χ1v) is 11.1. The predicted molar refractivity (Wildman–Crippen MR) is 111 cm³/mol. The molecule has 0 fully saturated rings. The van der Waals surface area contributed by atoms with Gasteiger partial charge in [-0.05, 0) is 30.0 Å². The number of thiazole rings is 1. The fourth-order valence-corrected chi connectivity index (χ4v) is 4.77. The molecule has 6 heteroatoms. The number of aromatic nitrogens is 1. The molecule has 1 aromatic heterocycles. The first kappa shape index (κ1) is 19.7. The molecule has 3 aromatic rings. The van der Waals surface area contributed by atoms with Crippen molar-refractivity contribution >= 4 is 21.4 Å². The highest BCUT2D eigenvalue weighted by molar-refractivity contribution is 7.89. The van der Waals surface area contributed by atoms with Crippen LogP contribution in [-0.2, 0) is 22.0 Å². The zero-order chi connectivity index (χ0) is 19.7. The van der Waals surface area contributed by atoms with Crippen LogP contribution < -0.4 is 4.72 Å². The third-order valence-corrected chi connectivity index (χ3v) is 6.99. The minimum Gasteiger partial charge on any atom is -0.241 e. The van der Waals surface area contributed by atoms with Gasteiger partial charge in [0.05, 0.1) is 10.6 Å². The van der Waals surface area contributed by atoms with E-state index in [0.717, 1.165) is 26.7 Å². The second kappa shape index (κ2) is 7.54. The molecule has 4 nitrogen and oxygen atoms in total. The Balaban J connectivity index is 1.75. The lowest BCUT2D eigenvalue weighted by Gasteiger charge is -2.19. The number of nitrogens with zero attached hydrogens (tertiary/aromatic N) is 1. The van der Waals surface area contributed by atoms with Crippen molar-refractivity contribution in [3.63, 3.8) is 0 Å². The molecule has 2 aromatic carbocycles. The van der Waals surface area contributed by atoms with Crippen LogP contribution in [0.3, 0.4) is 0 Å². The van der Waals surface area contributed by atoms with Crippen LogP contribution in [0.1, 0.15) is 36.9 Å². The molecule has 0 saturated heterocycles. The van der Waals surface area contributed by atoms with E-state index in [9.17, 15) is 8.42 Å². The maximum Gasteiger partial charge on any atom is 0.240 e. The first-order valence-electron chi connectivity index (χ1n) is 8.79. The second-order valence-corrected chi connectivity index (χ2v) is 10.3. The number of aryl methyl sites for hydroxylation is 1. The smallest absolute Gasteiger partial charge is 0.240 e. The molecule has 0 amide bonds. The van der Waals surface area contributed by atoms with Crippen molar-refractivity contribution in [2.45, 2.75) is 44.6 Å². The van der Waals surface area contributed by atoms with E-state index in [1.165, 1.54) is 11.3 Å². The summed E-state index contributed by atoms with van der Waals surface area (Å²) in [6, 6.07) is 17.0. The van der Waals surface area contributed by atoms with Crippen molar-refractivity contribution in [1.82, 2.24) is 9.71 Å². The number of hydrogen-bond donors (Lipinski definition) is 1. The fraction of sp³-hybridized carbons (Fsp3) is 0.286. The van der Waals surface area contributed by atoms with Gasteiger partial charge in [-0.15, -0.1) is 11.3 Å². The van der Waals surface area contributed by atoms with Gasteiger partial charge < -0.3 is 0 Å². The molecule has 3 rings (SSSR count). The number of rotatable bonds is 5. The van der Waals surface area contributed by atoms with Gasteiger partial charge in [0, 0.05) is 17.0 Å². The van der Waals surface area contributed by atoms with Crippen molar-refractivity contribution < 1.29 is 8.42 Å². The molecule has 0 saturated carbocycles. The summed E-state index contributed by atoms with van der Waals surface area (Å²) in [6.45, 7) is 8.45. The minimum absolute atomic E-state index is 0.0106. The quantitative estimate of drug-likeness (QED) is 0.663. The highest BCUT2D eigenvalue weighted by atomic mass is 32.2. The van der Waals surface area contributed by atoms with Gasteiger partial charge in [-0.25, -0.2) is 18.1 Å². The zero-order valence-electron chi connectivity index (χ0n) is 16.0. The van der Waals surface area contributed by atoms with E-state index in [4.69, 9.17) is 0 Å². The van der Waals surface area contributed by atoms with Gasteiger partial charge in [0.2, 0.25) is 10.0 Å². The summed E-state index contributed by atoms with van der Waals surface area (Å²) in [4.78, 5) is 5.78. The molecule has 0 aliphatic rings. The predicted octanol–water partition coefficient (Wildman–Crippen LogP) is 4.89. The maximum atomic E-state index is 12.6. The highest BCUT2D eigenvalue weighted by Crippen LogP contribution is 2.28. The van der Waals surface area contributed by atoms with Crippen LogP contribution in [0.5, 0.6) is 0 Å². The summed E-state index contributed by atoms with van der Waals surface area (Å²) >= 11 is 1.52. The molecule has 1 N–H and O–H groups in total. The zero-order valence-corrected chi connectivity index (χ0v) is 17.6. The lowest BCUT2D eigenvalue weighted by molar-refractivity contribution is 0.578. The van der Waals surface area contributed by atoms with Crippen molar-refractivity contribution in [3.05, 3.63) is 70.7 Å². The van der Waals surface area contributed by atoms with Gasteiger partial charge in [-0.2, -0.15) is 0 Å². The molecule has 0 spiro atoms. The Labute approximate surface area is 165 Å². The van der Waals surface area contributed by atoms with Crippen molar-refractivity contribution in [2.75, 3.05) is 0 Å². The number of benzene rings is 2. The van der Waals surface area contributed by atoms with Gasteiger partial charge in [-0.1, -0.05) is 63.2 Å². The van der Waals surface area contributed by atoms with Crippen LogP contribution in [0.2, 0.25) is 0 Å². The lowest BCUT2D eigenvalue weighted by Crippen LogP contribution is -2.23. The lowest BCUT2D eigenvalue weighted by atomic mass is 9.87. The van der Waals surface area contributed by atoms with E-state index in [2.05, 4.69) is 30.5 Å². The molecule has 1 heterocycles. The fourth-order valence-electron chi connectivity index (χ4n) is 2.67. The minimum atomic E-state index is -3.56. The molecule has 142 valence electrons. The van der Waals surface area contributed by atoms with E-state index in [-0.39, 0.29) is 16.9 Å². The van der Waals surface area contributed by atoms with E-state index >= 15 is 0 Å². The molecule has 0 aliphatic heterocycles. The van der Waals surface area contributed by atoms with Crippen LogP contribution in [0.25, 0.3) is 10.6 Å². The first-order chi connectivity index (χ1) is 12.7. The Bertz CT molecular complexity index is 1020. The summed E-state index contributed by atoms with van der Waals surface area (Å²) in [5.41, 5.74) is 2.98. The van der Waals surface area contributed by atoms with Gasteiger partial charge in [0.1, 0.15) is 5.01 Å². The monoisotopic (exact) mass is 400 g/mol. The Hall–Kier alpha value is -2.02. The SMILES string of the molecule is Cc1nc(-c2ccccc2)sc1CNS(=O)(=O)c1ccc(C(C)(C)C)cc1. The van der Waals surface area contributed by atoms with Crippen molar-refractivity contribution in [1.29, 1.82) is 0 Å². The molecule has 0 atom stereocenters. The number of nitrogens with one attached hydrogen (secondary N) is 1. The van der Waals surface area contributed by atoms with Gasteiger partial charge >= 0.3 is 0 Å². The van der Waals surface area contributed by atoms with Gasteiger partial charge in [0.15, 0.2) is 0 Å². The summed E-state index contributed by atoms with van der Waals surface area (Å²) in [5, 5.41) is 0.900. The van der Waals surface area contributed by atoms with Crippen LogP contribution in [-0.4, -0.2) is 13.4 Å². The summed E-state index contributed by atoms with van der Waals surface area (Å²) in [6.07, 6.45) is 0. The topological polar surface area (TPSA) is 59.1 Å². The average Bonchev–Trinajstić information content (AvgIpc) is 3.01. The summed E-state index contributed by atoms with van der Waals surface area (Å²) < 4.78 is 28.0. The van der Waals surface area contributed by atoms with Crippen LogP contribution in [0.15, 0.2) is 59.5 Å². The van der Waals surface area contributed by atoms with Crippen molar-refractivity contribution in [2.24, 2.45) is 0 Å². The standard InChI is InChI=1S/C21H24N2O2S2/c1-15-19(26-20(23-15)16-8-6-5-7-9-16)14-22-27(24,25)18-12-10-17(11-13-18)21(2,3)4/h5-13,22H,14H2,1-4H3. The van der Waals surface area contributed by atoms with E-state index in [0.29, 0.717) is 0 Å².